The molecule has 9 aliphatic carbocycles. The molecule has 0 atom stereocenters. The molecule has 666 valence electrons. The van der Waals surface area contributed by atoms with Crippen LogP contribution in [0.15, 0.2) is 60.7 Å². The highest BCUT2D eigenvalue weighted by Crippen LogP contribution is 2.63. The third-order valence-electron chi connectivity index (χ3n) is 26.4. The molecule has 9 saturated carbocycles. The van der Waals surface area contributed by atoms with Crippen molar-refractivity contribution in [3.8, 4) is 0 Å². The first-order chi connectivity index (χ1) is 55.7. The minimum absolute atomic E-state index is 0.171. The van der Waals surface area contributed by atoms with Gasteiger partial charge in [0.15, 0.2) is 0 Å². The average molecular weight is 1740 g/mol. The van der Waals surface area contributed by atoms with E-state index in [9.17, 15) is 0 Å². The maximum atomic E-state index is 6.32. The molecule has 11 rings (SSSR count). The van der Waals surface area contributed by atoms with Crippen molar-refractivity contribution in [1.29, 1.82) is 0 Å². The maximum absolute atomic E-state index is 6.32. The Labute approximate surface area is 722 Å². The van der Waals surface area contributed by atoms with Gasteiger partial charge in [0, 0.05) is 21.3 Å². The van der Waals surface area contributed by atoms with Gasteiger partial charge < -0.3 is 27.1 Å². The minimum atomic E-state index is -1.13. The monoisotopic (exact) mass is 1740 g/mol. The summed E-state index contributed by atoms with van der Waals surface area (Å²) in [6, 6.07) is 21.4. The maximum Gasteiger partial charge on any atom is 0.333 e. The largest absolute Gasteiger partial charge is 0.333 e. The van der Waals surface area contributed by atoms with E-state index in [1.807, 2.05) is 0 Å². The zero-order chi connectivity index (χ0) is 82.4. The van der Waals surface area contributed by atoms with E-state index in [1.165, 1.54) is 256 Å². The highest BCUT2D eigenvalue weighted by atomic mass is 31.2. The van der Waals surface area contributed by atoms with E-state index in [0.717, 1.165) is 17.0 Å². The Morgan fingerprint density at radius 3 is 0.658 bits per heavy atom. The lowest BCUT2D eigenvalue weighted by molar-refractivity contribution is 0.0356. The Morgan fingerprint density at radius 2 is 0.491 bits per heavy atom. The molecule has 0 amide bonds. The van der Waals surface area contributed by atoms with Gasteiger partial charge in [-0.2, -0.15) is 0 Å². The predicted molar refractivity (Wildman–Crippen MR) is 530 cm³/mol. The van der Waals surface area contributed by atoms with Crippen LogP contribution in [-0.2, 0) is 27.1 Å². The third kappa shape index (κ3) is 48.4. The predicted octanol–water partition coefficient (Wildman–Crippen LogP) is 35.4. The molecule has 0 aliphatic heterocycles. The average Bonchev–Trinajstić information content (AvgIpc) is 0.994. The van der Waals surface area contributed by atoms with Crippen molar-refractivity contribution in [1.82, 2.24) is 0 Å². The van der Waals surface area contributed by atoms with Gasteiger partial charge in [0.05, 0.1) is 18.3 Å². The molecule has 2 aromatic carbocycles. The summed E-state index contributed by atoms with van der Waals surface area (Å²) in [6.45, 7) is 30.2. The molecule has 14 heteroatoms. The van der Waals surface area contributed by atoms with Gasteiger partial charge in [-0.3, -0.25) is 0 Å². The van der Waals surface area contributed by atoms with E-state index in [4.69, 9.17) is 13.6 Å². The molecular formula is C100H190O6P8. The van der Waals surface area contributed by atoms with Gasteiger partial charge in [-0.25, -0.2) is 0 Å². The van der Waals surface area contributed by atoms with Gasteiger partial charge >= 0.3 is 17.2 Å². The van der Waals surface area contributed by atoms with Crippen LogP contribution in [0.25, 0.3) is 0 Å². The second-order valence-corrected chi connectivity index (χ2v) is 57.1. The Morgan fingerprint density at radius 1 is 0.281 bits per heavy atom. The summed E-state index contributed by atoms with van der Waals surface area (Å²) >= 11 is 0. The van der Waals surface area contributed by atoms with Crippen LogP contribution >= 0.6 is 64.7 Å². The summed E-state index contributed by atoms with van der Waals surface area (Å²) in [5.41, 5.74) is 9.77. The summed E-state index contributed by atoms with van der Waals surface area (Å²) in [5, 5.41) is 2.88. The number of hydrogen-bond acceptors (Lipinski definition) is 6. The van der Waals surface area contributed by atoms with E-state index >= 15 is 0 Å². The molecule has 0 heterocycles. The van der Waals surface area contributed by atoms with Gasteiger partial charge in [0.2, 0.25) is 0 Å². The molecule has 9 fully saturated rings. The summed E-state index contributed by atoms with van der Waals surface area (Å²) in [4.78, 5) is 0. The van der Waals surface area contributed by atoms with Gasteiger partial charge in [-0.1, -0.05) is 379 Å². The van der Waals surface area contributed by atoms with Crippen LogP contribution in [-0.4, -0.2) is 134 Å². The molecule has 0 saturated heterocycles. The lowest BCUT2D eigenvalue weighted by atomic mass is 9.98. The fraction of sp³-hybridized carbons (Fsp3) is 0.880. The topological polar surface area (TPSA) is 55.4 Å². The van der Waals surface area contributed by atoms with Crippen molar-refractivity contribution < 1.29 is 27.1 Å². The van der Waals surface area contributed by atoms with Crippen LogP contribution in [0.1, 0.15) is 430 Å². The molecule has 0 spiro atoms. The molecule has 0 radical (unpaired) electrons. The van der Waals surface area contributed by atoms with Crippen molar-refractivity contribution in [2.75, 3.05) is 65.0 Å². The fourth-order valence-corrected chi connectivity index (χ4v) is 40.9. The summed E-state index contributed by atoms with van der Waals surface area (Å²) < 4.78 is 33.0. The summed E-state index contributed by atoms with van der Waals surface area (Å²) in [7, 11) is 4.12. The smallest absolute Gasteiger partial charge is 0.316 e. The zero-order valence-electron chi connectivity index (χ0n) is 78.2. The van der Waals surface area contributed by atoms with Gasteiger partial charge in [-0.15, -0.1) is 15.8 Å². The van der Waals surface area contributed by atoms with Crippen LogP contribution in [0.5, 0.6) is 0 Å². The first-order valence-corrected chi connectivity index (χ1v) is 61.9. The number of rotatable bonds is 32. The lowest BCUT2D eigenvalue weighted by Crippen LogP contribution is -2.28. The van der Waals surface area contributed by atoms with Crippen LogP contribution < -0.4 is 10.6 Å². The first-order valence-electron chi connectivity index (χ1n) is 49.5. The highest BCUT2D eigenvalue weighted by molar-refractivity contribution is 7.72. The van der Waals surface area contributed by atoms with Gasteiger partial charge in [0.25, 0.3) is 0 Å². The molecule has 0 bridgehead atoms. The van der Waals surface area contributed by atoms with Crippen molar-refractivity contribution in [2.45, 2.75) is 499 Å². The van der Waals surface area contributed by atoms with E-state index in [2.05, 4.69) is 164 Å². The van der Waals surface area contributed by atoms with E-state index in [0.29, 0.717) is 50.0 Å². The fourth-order valence-electron chi connectivity index (χ4n) is 20.2. The Bertz CT molecular complexity index is 2110. The summed E-state index contributed by atoms with van der Waals surface area (Å²) in [6.07, 6.45) is 89.6. The summed E-state index contributed by atoms with van der Waals surface area (Å²) in [5.74, 6) is 0. The molecule has 2 aromatic rings. The molecule has 0 aromatic heterocycles. The van der Waals surface area contributed by atoms with Crippen LogP contribution in [0.4, 0.5) is 0 Å². The highest BCUT2D eigenvalue weighted by Gasteiger charge is 2.38. The SMILES string of the molecule is C1CCC(OP(OC2CCCCC2)OC2CCCCC2)CC1.C1CCC(P(C2CCCCC2)C2CCCCC2)CC1.C1CCCC(P(C2CCCCCC2)C2CCCCCC2)CC1.CC(C)P(C(C)C)C(C)C.CCCCP(CCCC)CCCC.CCP(CC)CC.COP(OC)OC.CP(c1ccccc1)c1ccccc1. The minimum Gasteiger partial charge on any atom is -0.316 e. The molecule has 9 aliphatic rings. The number of benzene rings is 2. The number of hydrogen-bond donors (Lipinski definition) is 0. The molecular weight excluding hydrogens is 1540 g/mol. The Hall–Kier alpha value is 1.64. The Kier molecular flexibility index (Phi) is 68.0. The normalized spacial score (nSPS) is 20.3. The standard InChI is InChI=1S/C21H39P.C18H33O3P.C18H33P.C13H13P.C12H27P.C9H21P.C6H15P.C3H9O3P/c1-2-8-14-19(13-7-1)22(20-15-9-3-4-10-16-20)21-17-11-5-6-12-18-21;1-4-10-16(11-5-1)19-22(20-17-12-6-2-7-13-17)21-18-14-8-3-9-15-18;1-4-10-16(11-5-1)19(17-12-6-2-7-13-17)18-14-8-3-9-15-18;1-14(12-8-4-2-5-9-12)13-10-6-3-7-11-13;1-4-7-10-13(11-8-5-2)12-9-6-3;1-7(2)10(8(3)4)9(5)6;2*1-4-7(5-2)6-3/h19-21H,1-18H2;16-18H,1-15H2;16-18H,1-15H2;2-11H,1H3;4-12H2,1-3H3;7-9H,1-6H3;4-6H2,1-3H3;1-3H3. The quantitative estimate of drug-likeness (QED) is 0.0537. The van der Waals surface area contributed by atoms with Crippen LogP contribution in [0, 0.1) is 0 Å². The number of unbranched alkanes of at least 4 members (excludes halogenated alkanes) is 3. The van der Waals surface area contributed by atoms with Gasteiger partial charge in [0.1, 0.15) is 0 Å². The van der Waals surface area contributed by atoms with E-state index in [1.54, 1.807) is 194 Å². The first kappa shape index (κ1) is 108. The van der Waals surface area contributed by atoms with Crippen molar-refractivity contribution in [2.24, 2.45) is 0 Å². The van der Waals surface area contributed by atoms with E-state index in [-0.39, 0.29) is 15.8 Å². The molecule has 114 heavy (non-hydrogen) atoms. The zero-order valence-corrected chi connectivity index (χ0v) is 85.3. The van der Waals surface area contributed by atoms with Crippen LogP contribution in [0.2, 0.25) is 0 Å². The Balaban J connectivity index is 0.000000283. The second-order valence-electron chi connectivity index (χ2n) is 36.3. The molecule has 0 N–H and O–H groups in total. The van der Waals surface area contributed by atoms with Crippen molar-refractivity contribution in [3.05, 3.63) is 60.7 Å². The van der Waals surface area contributed by atoms with Gasteiger partial charge in [-0.05, 0) is 248 Å². The molecule has 6 nitrogen and oxygen atoms in total. The third-order valence-corrected chi connectivity index (χ3v) is 48.2. The van der Waals surface area contributed by atoms with Crippen molar-refractivity contribution >= 4 is 75.3 Å². The van der Waals surface area contributed by atoms with Crippen LogP contribution in [0.3, 0.4) is 0 Å². The van der Waals surface area contributed by atoms with E-state index < -0.39 is 17.2 Å². The molecule has 0 unspecified atom stereocenters. The second kappa shape index (κ2) is 71.8. The lowest BCUT2D eigenvalue weighted by Gasteiger charge is -2.44. The van der Waals surface area contributed by atoms with Crippen molar-refractivity contribution in [3.63, 3.8) is 0 Å².